The van der Waals surface area contributed by atoms with Crippen molar-refractivity contribution in [2.75, 3.05) is 12.0 Å². The standard InChI is InChI=1S/C22H21N3O5S2/c1-14-4-6-15(7-5-14)32(29,30)25-11-10-17-19(13-24(2)22(26)21(17)25)18-12-16(31(3,27)28)8-9-20(18)23/h4-13H,23H2,1-3H3. The van der Waals surface area contributed by atoms with E-state index in [1.165, 1.54) is 60.4 Å². The van der Waals surface area contributed by atoms with E-state index >= 15 is 0 Å². The maximum absolute atomic E-state index is 13.3. The van der Waals surface area contributed by atoms with Gasteiger partial charge in [0.1, 0.15) is 5.52 Å². The molecule has 0 aliphatic rings. The molecule has 2 aromatic carbocycles. The average Bonchev–Trinajstić information content (AvgIpc) is 3.17. The van der Waals surface area contributed by atoms with Crippen molar-refractivity contribution in [3.05, 3.63) is 76.8 Å². The van der Waals surface area contributed by atoms with Crippen LogP contribution in [0.25, 0.3) is 22.0 Å². The number of rotatable bonds is 4. The van der Waals surface area contributed by atoms with Crippen LogP contribution in [0.2, 0.25) is 0 Å². The Hall–Kier alpha value is -3.37. The highest BCUT2D eigenvalue weighted by Gasteiger charge is 2.24. The first-order chi connectivity index (χ1) is 14.9. The molecule has 166 valence electrons. The van der Waals surface area contributed by atoms with E-state index in [2.05, 4.69) is 0 Å². The zero-order valence-electron chi connectivity index (χ0n) is 17.6. The van der Waals surface area contributed by atoms with Crippen LogP contribution in [-0.2, 0) is 26.9 Å². The minimum absolute atomic E-state index is 0.0465. The minimum atomic E-state index is -4.04. The summed E-state index contributed by atoms with van der Waals surface area (Å²) < 4.78 is 52.9. The van der Waals surface area contributed by atoms with Gasteiger partial charge in [-0.3, -0.25) is 4.79 Å². The number of benzene rings is 2. The maximum Gasteiger partial charge on any atom is 0.275 e. The molecule has 10 heteroatoms. The molecule has 0 radical (unpaired) electrons. The predicted octanol–water partition coefficient (Wildman–Crippen LogP) is 2.54. The molecule has 0 saturated heterocycles. The number of fused-ring (bicyclic) bond motifs is 1. The topological polar surface area (TPSA) is 121 Å². The largest absolute Gasteiger partial charge is 0.398 e. The summed E-state index contributed by atoms with van der Waals surface area (Å²) in [5.74, 6) is 0. The van der Waals surface area contributed by atoms with Crippen molar-refractivity contribution in [3.8, 4) is 11.1 Å². The van der Waals surface area contributed by atoms with Crippen LogP contribution in [-0.4, -0.2) is 31.6 Å². The maximum atomic E-state index is 13.3. The number of aromatic nitrogens is 2. The lowest BCUT2D eigenvalue weighted by atomic mass is 10.0. The van der Waals surface area contributed by atoms with Crippen LogP contribution in [0.3, 0.4) is 0 Å². The van der Waals surface area contributed by atoms with Gasteiger partial charge in [0.05, 0.1) is 9.79 Å². The number of nitrogens with two attached hydrogens (primary N) is 1. The number of hydrogen-bond donors (Lipinski definition) is 1. The third kappa shape index (κ3) is 3.51. The molecule has 0 fully saturated rings. The molecule has 0 atom stereocenters. The van der Waals surface area contributed by atoms with E-state index in [4.69, 9.17) is 5.73 Å². The normalized spacial score (nSPS) is 12.3. The van der Waals surface area contributed by atoms with Gasteiger partial charge in [0.2, 0.25) is 0 Å². The van der Waals surface area contributed by atoms with Crippen LogP contribution < -0.4 is 11.3 Å². The van der Waals surface area contributed by atoms with E-state index < -0.39 is 25.4 Å². The van der Waals surface area contributed by atoms with Gasteiger partial charge in [-0.25, -0.2) is 20.8 Å². The van der Waals surface area contributed by atoms with Gasteiger partial charge >= 0.3 is 0 Å². The molecular formula is C22H21N3O5S2. The number of hydrogen-bond acceptors (Lipinski definition) is 6. The van der Waals surface area contributed by atoms with Crippen molar-refractivity contribution >= 4 is 36.5 Å². The van der Waals surface area contributed by atoms with E-state index in [1.54, 1.807) is 12.1 Å². The molecule has 0 unspecified atom stereocenters. The Labute approximate surface area is 185 Å². The SMILES string of the molecule is Cc1ccc(S(=O)(=O)n2ccc3c(-c4cc(S(C)(=O)=O)ccc4N)cn(C)c(=O)c32)cc1. The molecule has 8 nitrogen and oxygen atoms in total. The summed E-state index contributed by atoms with van der Waals surface area (Å²) in [4.78, 5) is 13.1. The number of pyridine rings is 1. The highest BCUT2D eigenvalue weighted by atomic mass is 32.2. The quantitative estimate of drug-likeness (QED) is 0.457. The van der Waals surface area contributed by atoms with Crippen molar-refractivity contribution < 1.29 is 16.8 Å². The number of nitrogens with zero attached hydrogens (tertiary/aromatic N) is 2. The zero-order valence-corrected chi connectivity index (χ0v) is 19.2. The molecule has 4 aromatic rings. The van der Waals surface area contributed by atoms with Crippen LogP contribution in [0.4, 0.5) is 5.69 Å². The van der Waals surface area contributed by atoms with E-state index in [9.17, 15) is 21.6 Å². The van der Waals surface area contributed by atoms with Gasteiger partial charge in [0.15, 0.2) is 9.84 Å². The number of aryl methyl sites for hydroxylation is 2. The number of nitrogen functional groups attached to an aromatic ring is 1. The summed E-state index contributed by atoms with van der Waals surface area (Å²) in [6.07, 6.45) is 3.93. The van der Waals surface area contributed by atoms with Crippen LogP contribution >= 0.6 is 0 Å². The summed E-state index contributed by atoms with van der Waals surface area (Å²) in [7, 11) is -6.05. The molecule has 0 aliphatic heterocycles. The monoisotopic (exact) mass is 471 g/mol. The lowest BCUT2D eigenvalue weighted by Crippen LogP contribution is -2.22. The Bertz CT molecular complexity index is 1650. The second-order valence-corrected chi connectivity index (χ2v) is 11.5. The van der Waals surface area contributed by atoms with Gasteiger partial charge in [-0.05, 0) is 43.3 Å². The van der Waals surface area contributed by atoms with Gasteiger partial charge in [0, 0.05) is 47.9 Å². The number of anilines is 1. The molecule has 4 rings (SSSR count). The first-order valence-electron chi connectivity index (χ1n) is 9.54. The Kier molecular flexibility index (Phi) is 5.02. The average molecular weight is 472 g/mol. The number of sulfone groups is 1. The summed E-state index contributed by atoms with van der Waals surface area (Å²) in [5.41, 5.74) is 7.61. The molecule has 0 spiro atoms. The van der Waals surface area contributed by atoms with E-state index in [-0.39, 0.29) is 15.3 Å². The third-order valence-electron chi connectivity index (χ3n) is 5.31. The lowest BCUT2D eigenvalue weighted by Gasteiger charge is -2.13. The van der Waals surface area contributed by atoms with Gasteiger partial charge in [-0.2, -0.15) is 0 Å². The second kappa shape index (κ2) is 7.35. The molecule has 32 heavy (non-hydrogen) atoms. The first-order valence-corrected chi connectivity index (χ1v) is 12.9. The van der Waals surface area contributed by atoms with E-state index in [0.29, 0.717) is 22.2 Å². The summed E-state index contributed by atoms with van der Waals surface area (Å²) in [6, 6.07) is 12.2. The Morgan fingerprint density at radius 2 is 1.50 bits per heavy atom. The Balaban J connectivity index is 2.05. The fraction of sp³-hybridized carbons (Fsp3) is 0.136. The minimum Gasteiger partial charge on any atom is -0.398 e. The predicted molar refractivity (Wildman–Crippen MR) is 124 cm³/mol. The van der Waals surface area contributed by atoms with Crippen LogP contribution in [0, 0.1) is 6.92 Å². The van der Waals surface area contributed by atoms with Gasteiger partial charge in [-0.15, -0.1) is 0 Å². The molecule has 0 bridgehead atoms. The molecule has 0 saturated carbocycles. The lowest BCUT2D eigenvalue weighted by molar-refractivity contribution is 0.588. The summed E-state index contributed by atoms with van der Waals surface area (Å²) >= 11 is 0. The van der Waals surface area contributed by atoms with Gasteiger partial charge in [-0.1, -0.05) is 17.7 Å². The van der Waals surface area contributed by atoms with Crippen molar-refractivity contribution in [2.24, 2.45) is 7.05 Å². The molecule has 0 aliphatic carbocycles. The van der Waals surface area contributed by atoms with Crippen molar-refractivity contribution in [2.45, 2.75) is 16.7 Å². The second-order valence-electron chi connectivity index (χ2n) is 7.67. The van der Waals surface area contributed by atoms with Crippen molar-refractivity contribution in [1.82, 2.24) is 8.54 Å². The van der Waals surface area contributed by atoms with Crippen LogP contribution in [0.1, 0.15) is 5.56 Å². The van der Waals surface area contributed by atoms with Gasteiger partial charge < -0.3 is 10.3 Å². The van der Waals surface area contributed by atoms with E-state index in [1.807, 2.05) is 6.92 Å². The Morgan fingerprint density at radius 3 is 2.12 bits per heavy atom. The molecular weight excluding hydrogens is 450 g/mol. The van der Waals surface area contributed by atoms with Crippen molar-refractivity contribution in [3.63, 3.8) is 0 Å². The fourth-order valence-electron chi connectivity index (χ4n) is 3.57. The van der Waals surface area contributed by atoms with Gasteiger partial charge in [0.25, 0.3) is 15.6 Å². The highest BCUT2D eigenvalue weighted by Crippen LogP contribution is 2.34. The fourth-order valence-corrected chi connectivity index (χ4v) is 5.56. The Morgan fingerprint density at radius 1 is 0.875 bits per heavy atom. The molecule has 0 amide bonds. The first kappa shape index (κ1) is 21.8. The zero-order chi connectivity index (χ0) is 23.4. The summed E-state index contributed by atoms with van der Waals surface area (Å²) in [5, 5.41) is 0.348. The van der Waals surface area contributed by atoms with Crippen LogP contribution in [0.5, 0.6) is 0 Å². The molecule has 2 aromatic heterocycles. The smallest absolute Gasteiger partial charge is 0.275 e. The van der Waals surface area contributed by atoms with Crippen molar-refractivity contribution in [1.29, 1.82) is 0 Å². The highest BCUT2D eigenvalue weighted by molar-refractivity contribution is 7.90. The van der Waals surface area contributed by atoms with Crippen LogP contribution in [0.15, 0.2) is 75.5 Å². The third-order valence-corrected chi connectivity index (χ3v) is 8.11. The molecule has 2 N–H and O–H groups in total. The molecule has 2 heterocycles. The van der Waals surface area contributed by atoms with E-state index in [0.717, 1.165) is 15.8 Å². The summed E-state index contributed by atoms with van der Waals surface area (Å²) in [6.45, 7) is 1.85.